The smallest absolute Gasteiger partial charge is 0.143 e. The van der Waals surface area contributed by atoms with Crippen molar-refractivity contribution in [2.24, 2.45) is 0 Å². The quantitative estimate of drug-likeness (QED) is 0.389. The van der Waals surface area contributed by atoms with Gasteiger partial charge in [0.05, 0.1) is 0 Å². The van der Waals surface area contributed by atoms with Crippen LogP contribution in [-0.2, 0) is 4.79 Å². The Labute approximate surface area is 116 Å². The van der Waals surface area contributed by atoms with E-state index in [-0.39, 0.29) is 0 Å². The first-order valence-corrected chi connectivity index (χ1v) is 6.69. The molecule has 0 aliphatic heterocycles. The third-order valence-electron chi connectivity index (χ3n) is 3.05. The van der Waals surface area contributed by atoms with E-state index < -0.39 is 0 Å². The van der Waals surface area contributed by atoms with Crippen LogP contribution in [0.25, 0.3) is 0 Å². The van der Waals surface area contributed by atoms with Gasteiger partial charge in [0.1, 0.15) is 6.29 Å². The SMILES string of the molecule is C=C(/C=C\C)C1=C/C(=C/C=C/C(C)=C/C=O)CCC1. The van der Waals surface area contributed by atoms with Crippen LogP contribution in [0.1, 0.15) is 33.1 Å². The summed E-state index contributed by atoms with van der Waals surface area (Å²) < 4.78 is 0. The maximum atomic E-state index is 10.3. The van der Waals surface area contributed by atoms with E-state index in [1.165, 1.54) is 17.6 Å². The number of hydrogen-bond donors (Lipinski definition) is 0. The van der Waals surface area contributed by atoms with Crippen molar-refractivity contribution in [1.82, 2.24) is 0 Å². The third-order valence-corrected chi connectivity index (χ3v) is 3.05. The van der Waals surface area contributed by atoms with E-state index in [0.29, 0.717) is 0 Å². The zero-order chi connectivity index (χ0) is 14.1. The Kier molecular flexibility index (Phi) is 6.59. The molecule has 0 saturated heterocycles. The molecule has 1 rings (SSSR count). The first-order chi connectivity index (χ1) is 9.17. The molecule has 0 heterocycles. The van der Waals surface area contributed by atoms with Gasteiger partial charge in [-0.1, -0.05) is 43.0 Å². The molecule has 0 bridgehead atoms. The summed E-state index contributed by atoms with van der Waals surface area (Å²) in [6.07, 6.45) is 18.1. The molecule has 0 amide bonds. The fourth-order valence-corrected chi connectivity index (χ4v) is 2.03. The third kappa shape index (κ3) is 5.52. The highest BCUT2D eigenvalue weighted by Gasteiger charge is 2.07. The summed E-state index contributed by atoms with van der Waals surface area (Å²) in [6, 6.07) is 0. The van der Waals surface area contributed by atoms with Gasteiger partial charge in [0.15, 0.2) is 0 Å². The van der Waals surface area contributed by atoms with Gasteiger partial charge in [-0.2, -0.15) is 0 Å². The van der Waals surface area contributed by atoms with Crippen LogP contribution in [0.5, 0.6) is 0 Å². The minimum Gasteiger partial charge on any atom is -0.299 e. The van der Waals surface area contributed by atoms with Crippen LogP contribution < -0.4 is 0 Å². The standard InChI is InChI=1S/C18H22O/c1-4-7-16(3)18-11-6-10-17(14-18)9-5-8-15(2)12-13-19/h4-5,7-9,12-14H,3,6,10-11H2,1-2H3/b7-4-,8-5+,15-12+,17-9+. The van der Waals surface area contributed by atoms with Crippen LogP contribution in [0.3, 0.4) is 0 Å². The van der Waals surface area contributed by atoms with E-state index in [0.717, 1.165) is 30.3 Å². The van der Waals surface area contributed by atoms with Crippen molar-refractivity contribution in [2.45, 2.75) is 33.1 Å². The largest absolute Gasteiger partial charge is 0.299 e. The monoisotopic (exact) mass is 254 g/mol. The molecule has 1 nitrogen and oxygen atoms in total. The molecule has 1 aliphatic rings. The van der Waals surface area contributed by atoms with Crippen LogP contribution >= 0.6 is 0 Å². The van der Waals surface area contributed by atoms with Gasteiger partial charge < -0.3 is 0 Å². The predicted molar refractivity (Wildman–Crippen MR) is 82.9 cm³/mol. The molecule has 0 aromatic rings. The summed E-state index contributed by atoms with van der Waals surface area (Å²) in [5.41, 5.74) is 4.71. The lowest BCUT2D eigenvalue weighted by molar-refractivity contribution is -0.104. The normalized spacial score (nSPS) is 19.2. The van der Waals surface area contributed by atoms with Gasteiger partial charge >= 0.3 is 0 Å². The highest BCUT2D eigenvalue weighted by molar-refractivity contribution is 5.67. The summed E-state index contributed by atoms with van der Waals surface area (Å²) in [7, 11) is 0. The number of carbonyl (C=O) groups excluding carboxylic acids is 1. The van der Waals surface area contributed by atoms with E-state index in [1.54, 1.807) is 6.08 Å². The number of aldehydes is 1. The van der Waals surface area contributed by atoms with Gasteiger partial charge in [0.2, 0.25) is 0 Å². The Morgan fingerprint density at radius 1 is 1.32 bits per heavy atom. The van der Waals surface area contributed by atoms with Crippen molar-refractivity contribution in [3.05, 3.63) is 71.4 Å². The molecule has 0 fully saturated rings. The first-order valence-electron chi connectivity index (χ1n) is 6.69. The van der Waals surface area contributed by atoms with E-state index in [9.17, 15) is 4.79 Å². The van der Waals surface area contributed by atoms with Crippen molar-refractivity contribution in [2.75, 3.05) is 0 Å². The number of rotatable bonds is 5. The Morgan fingerprint density at radius 2 is 2.11 bits per heavy atom. The lowest BCUT2D eigenvalue weighted by Crippen LogP contribution is -1.95. The van der Waals surface area contributed by atoms with Crippen LogP contribution in [0.15, 0.2) is 71.4 Å². The summed E-state index contributed by atoms with van der Waals surface area (Å²) in [5, 5.41) is 0. The summed E-state index contributed by atoms with van der Waals surface area (Å²) in [4.78, 5) is 10.3. The van der Waals surface area contributed by atoms with E-state index >= 15 is 0 Å². The van der Waals surface area contributed by atoms with Gasteiger partial charge in [0.25, 0.3) is 0 Å². The van der Waals surface area contributed by atoms with E-state index in [2.05, 4.69) is 24.8 Å². The second-order valence-corrected chi connectivity index (χ2v) is 4.70. The molecule has 0 saturated carbocycles. The van der Waals surface area contributed by atoms with Crippen molar-refractivity contribution in [3.63, 3.8) is 0 Å². The fourth-order valence-electron chi connectivity index (χ4n) is 2.03. The predicted octanol–water partition coefficient (Wildman–Crippen LogP) is 4.86. The fraction of sp³-hybridized carbons (Fsp3) is 0.278. The van der Waals surface area contributed by atoms with Gasteiger partial charge in [0, 0.05) is 0 Å². The van der Waals surface area contributed by atoms with Crippen LogP contribution in [-0.4, -0.2) is 6.29 Å². The molecule has 0 atom stereocenters. The molecule has 0 aromatic carbocycles. The van der Waals surface area contributed by atoms with Crippen molar-refractivity contribution < 1.29 is 4.79 Å². The summed E-state index contributed by atoms with van der Waals surface area (Å²) in [5.74, 6) is 0. The second-order valence-electron chi connectivity index (χ2n) is 4.70. The molecular weight excluding hydrogens is 232 g/mol. The lowest BCUT2D eigenvalue weighted by atomic mass is 9.90. The van der Waals surface area contributed by atoms with Crippen molar-refractivity contribution >= 4 is 6.29 Å². The maximum Gasteiger partial charge on any atom is 0.143 e. The zero-order valence-corrected chi connectivity index (χ0v) is 11.9. The van der Waals surface area contributed by atoms with Crippen LogP contribution in [0, 0.1) is 0 Å². The van der Waals surface area contributed by atoms with Gasteiger partial charge in [-0.15, -0.1) is 0 Å². The molecule has 0 spiro atoms. The number of hydrogen-bond acceptors (Lipinski definition) is 1. The maximum absolute atomic E-state index is 10.3. The first kappa shape index (κ1) is 15.2. The lowest BCUT2D eigenvalue weighted by Gasteiger charge is -2.15. The topological polar surface area (TPSA) is 17.1 Å². The van der Waals surface area contributed by atoms with Crippen LogP contribution in [0.2, 0.25) is 0 Å². The molecule has 1 heteroatoms. The number of carbonyl (C=O) groups is 1. The van der Waals surface area contributed by atoms with Crippen molar-refractivity contribution in [1.29, 1.82) is 0 Å². The molecule has 0 N–H and O–H groups in total. The average molecular weight is 254 g/mol. The molecule has 0 aromatic heterocycles. The summed E-state index contributed by atoms with van der Waals surface area (Å²) >= 11 is 0. The highest BCUT2D eigenvalue weighted by atomic mass is 16.1. The molecule has 19 heavy (non-hydrogen) atoms. The Bertz CT molecular complexity index is 482. The van der Waals surface area contributed by atoms with Crippen LogP contribution in [0.4, 0.5) is 0 Å². The molecule has 1 aliphatic carbocycles. The Morgan fingerprint density at radius 3 is 2.79 bits per heavy atom. The summed E-state index contributed by atoms with van der Waals surface area (Å²) in [6.45, 7) is 8.01. The molecular formula is C18H22O. The minimum atomic E-state index is 0.812. The Hall–Kier alpha value is -1.89. The molecule has 100 valence electrons. The highest BCUT2D eigenvalue weighted by Crippen LogP contribution is 2.27. The van der Waals surface area contributed by atoms with E-state index in [1.807, 2.05) is 32.1 Å². The average Bonchev–Trinajstić information content (AvgIpc) is 2.40. The molecule has 0 radical (unpaired) electrons. The molecule has 0 unspecified atom stereocenters. The van der Waals surface area contributed by atoms with Gasteiger partial charge in [-0.25, -0.2) is 0 Å². The van der Waals surface area contributed by atoms with Crippen molar-refractivity contribution in [3.8, 4) is 0 Å². The zero-order valence-electron chi connectivity index (χ0n) is 11.9. The second kappa shape index (κ2) is 8.25. The number of allylic oxidation sites excluding steroid dienone is 11. The minimum absolute atomic E-state index is 0.812. The van der Waals surface area contributed by atoms with E-state index in [4.69, 9.17) is 0 Å². The van der Waals surface area contributed by atoms with Gasteiger partial charge in [-0.3, -0.25) is 4.79 Å². The Balaban J connectivity index is 2.78. The van der Waals surface area contributed by atoms with Gasteiger partial charge in [-0.05, 0) is 61.5 Å².